The second-order valence-corrected chi connectivity index (χ2v) is 12.4. The highest BCUT2D eigenvalue weighted by molar-refractivity contribution is 6.03. The zero-order valence-corrected chi connectivity index (χ0v) is 24.6. The second-order valence-electron chi connectivity index (χ2n) is 12.4. The van der Waals surface area contributed by atoms with Crippen LogP contribution in [0.5, 0.6) is 11.8 Å². The molecule has 8 rings (SSSR count). The molecule has 10 heteroatoms. The van der Waals surface area contributed by atoms with Crippen molar-refractivity contribution in [3.05, 3.63) is 65.5 Å². The molecule has 0 spiro atoms. The van der Waals surface area contributed by atoms with Gasteiger partial charge in [0.25, 0.3) is 0 Å². The van der Waals surface area contributed by atoms with Crippen LogP contribution in [-0.2, 0) is 6.54 Å². The van der Waals surface area contributed by atoms with Crippen LogP contribution in [0, 0.1) is 24.0 Å². The maximum Gasteiger partial charge on any atom is 0.317 e. The van der Waals surface area contributed by atoms with Crippen LogP contribution in [0.3, 0.4) is 0 Å². The summed E-state index contributed by atoms with van der Waals surface area (Å²) in [6.45, 7) is 3.14. The predicted octanol–water partition coefficient (Wildman–Crippen LogP) is 6.11. The van der Waals surface area contributed by atoms with E-state index < -0.39 is 17.7 Å². The zero-order chi connectivity index (χ0) is 30.9. The van der Waals surface area contributed by atoms with Gasteiger partial charge in [-0.1, -0.05) is 12.0 Å². The number of rotatable bonds is 5. The van der Waals surface area contributed by atoms with Crippen molar-refractivity contribution in [1.29, 1.82) is 0 Å². The van der Waals surface area contributed by atoms with Gasteiger partial charge in [-0.05, 0) is 87.3 Å². The van der Waals surface area contributed by atoms with Crippen molar-refractivity contribution in [2.45, 2.75) is 56.7 Å². The molecule has 0 bridgehead atoms. The number of aliphatic hydroxyl groups excluding tert-OH is 1. The number of aromatic hydroxyl groups is 1. The number of fused-ring (bicyclic) bond motifs is 4. The van der Waals surface area contributed by atoms with E-state index in [-0.39, 0.29) is 45.0 Å². The minimum atomic E-state index is -0.771. The summed E-state index contributed by atoms with van der Waals surface area (Å²) in [4.78, 5) is 16.4. The van der Waals surface area contributed by atoms with Gasteiger partial charge in [0.1, 0.15) is 35.1 Å². The number of phenolic OH excluding ortho intramolecular Hbond substituents is 1. The van der Waals surface area contributed by atoms with E-state index in [9.17, 15) is 14.6 Å². The summed E-state index contributed by atoms with van der Waals surface area (Å²) < 4.78 is 40.0. The average molecular weight is 608 g/mol. The smallest absolute Gasteiger partial charge is 0.317 e. The van der Waals surface area contributed by atoms with Crippen molar-refractivity contribution in [3.63, 3.8) is 0 Å². The minimum absolute atomic E-state index is 0.0192. The molecule has 2 fully saturated rings. The molecule has 3 aliphatic rings. The summed E-state index contributed by atoms with van der Waals surface area (Å²) in [6, 6.07) is 9.28. The molecule has 2 saturated heterocycles. The van der Waals surface area contributed by atoms with Crippen LogP contribution in [-0.4, -0.2) is 59.9 Å². The van der Waals surface area contributed by atoms with Gasteiger partial charge in [0.15, 0.2) is 5.82 Å². The number of aliphatic hydroxyl groups is 1. The lowest BCUT2D eigenvalue weighted by Gasteiger charge is -2.31. The van der Waals surface area contributed by atoms with Gasteiger partial charge in [0, 0.05) is 34.8 Å². The summed E-state index contributed by atoms with van der Waals surface area (Å²) in [5, 5.41) is 22.3. The monoisotopic (exact) mass is 607 g/mol. The van der Waals surface area contributed by atoms with Gasteiger partial charge >= 0.3 is 6.01 Å². The lowest BCUT2D eigenvalue weighted by Crippen LogP contribution is -2.43. The van der Waals surface area contributed by atoms with Crippen molar-refractivity contribution in [2.24, 2.45) is 0 Å². The maximum atomic E-state index is 16.8. The fraction of sp³-hybridized carbons (Fsp3) is 0.343. The molecule has 0 saturated carbocycles. The third-order valence-electron chi connectivity index (χ3n) is 9.85. The van der Waals surface area contributed by atoms with Gasteiger partial charge in [-0.25, -0.2) is 8.78 Å². The van der Waals surface area contributed by atoms with Crippen molar-refractivity contribution in [1.82, 2.24) is 24.4 Å². The number of hydrogen-bond acceptors (Lipinski definition) is 7. The molecular formula is C35H31F2N5O3. The molecule has 3 aromatic heterocycles. The number of pyridine rings is 1. The van der Waals surface area contributed by atoms with Gasteiger partial charge in [0.2, 0.25) is 0 Å². The third-order valence-corrected chi connectivity index (χ3v) is 9.85. The molecule has 2 N–H and O–H groups in total. The van der Waals surface area contributed by atoms with Crippen molar-refractivity contribution in [3.8, 4) is 46.7 Å². The van der Waals surface area contributed by atoms with Crippen molar-refractivity contribution in [2.75, 3.05) is 19.7 Å². The van der Waals surface area contributed by atoms with Gasteiger partial charge in [0.05, 0.1) is 22.9 Å². The predicted molar refractivity (Wildman–Crippen MR) is 166 cm³/mol. The highest BCUT2D eigenvalue weighted by Crippen LogP contribution is 2.42. The van der Waals surface area contributed by atoms with Crippen LogP contribution in [0.4, 0.5) is 8.78 Å². The molecule has 1 atom stereocenters. The zero-order valence-electron chi connectivity index (χ0n) is 24.6. The second kappa shape index (κ2) is 10.5. The summed E-state index contributed by atoms with van der Waals surface area (Å²) in [7, 11) is 0. The molecule has 0 radical (unpaired) electrons. The molecule has 228 valence electrons. The number of hydrogen-bond donors (Lipinski definition) is 2. The molecule has 2 aromatic carbocycles. The van der Waals surface area contributed by atoms with Gasteiger partial charge in [-0.3, -0.25) is 9.88 Å². The number of nitrogens with zero attached hydrogens (tertiary/aromatic N) is 5. The van der Waals surface area contributed by atoms with Crippen LogP contribution < -0.4 is 4.74 Å². The van der Waals surface area contributed by atoms with Crippen molar-refractivity contribution >= 4 is 21.7 Å². The fourth-order valence-electron chi connectivity index (χ4n) is 7.72. The Kier molecular flexibility index (Phi) is 6.52. The molecule has 3 aliphatic heterocycles. The Labute approximate surface area is 258 Å². The average Bonchev–Trinajstić information content (AvgIpc) is 3.75. The van der Waals surface area contributed by atoms with Gasteiger partial charge < -0.3 is 19.5 Å². The quantitative estimate of drug-likeness (QED) is 0.233. The normalized spacial score (nSPS) is 19.1. The lowest BCUT2D eigenvalue weighted by atomic mass is 9.95. The first-order chi connectivity index (χ1) is 21.9. The van der Waals surface area contributed by atoms with E-state index in [1.165, 1.54) is 30.5 Å². The van der Waals surface area contributed by atoms with E-state index >= 15 is 4.39 Å². The third kappa shape index (κ3) is 4.36. The Bertz CT molecular complexity index is 2040. The molecule has 6 heterocycles. The van der Waals surface area contributed by atoms with E-state index in [1.807, 2.05) is 16.7 Å². The van der Waals surface area contributed by atoms with E-state index in [0.717, 1.165) is 50.9 Å². The number of terminal acetylenes is 1. The maximum absolute atomic E-state index is 16.8. The molecule has 45 heavy (non-hydrogen) atoms. The highest BCUT2D eigenvalue weighted by atomic mass is 19.1. The van der Waals surface area contributed by atoms with E-state index in [4.69, 9.17) is 16.1 Å². The first-order valence-electron chi connectivity index (χ1n) is 15.4. The molecule has 0 aliphatic carbocycles. The van der Waals surface area contributed by atoms with E-state index in [1.54, 1.807) is 0 Å². The number of aromatic nitrogens is 4. The minimum Gasteiger partial charge on any atom is -0.508 e. The Morgan fingerprint density at radius 3 is 2.64 bits per heavy atom. The Hall–Kier alpha value is -4.59. The summed E-state index contributed by atoms with van der Waals surface area (Å²) in [5.74, 6) is 0.828. The topological polar surface area (TPSA) is 96.5 Å². The largest absolute Gasteiger partial charge is 0.508 e. The Balaban J connectivity index is 1.33. The molecule has 5 aromatic rings. The summed E-state index contributed by atoms with van der Waals surface area (Å²) in [5.41, 5.74) is 1.79. The van der Waals surface area contributed by atoms with Gasteiger partial charge in [-0.2, -0.15) is 9.97 Å². The van der Waals surface area contributed by atoms with Crippen LogP contribution in [0.2, 0.25) is 0 Å². The highest BCUT2D eigenvalue weighted by Gasteiger charge is 2.45. The number of benzene rings is 2. The number of ether oxygens (including phenoxy) is 1. The van der Waals surface area contributed by atoms with E-state index in [0.29, 0.717) is 41.7 Å². The van der Waals surface area contributed by atoms with Gasteiger partial charge in [-0.15, -0.1) is 6.42 Å². The summed E-state index contributed by atoms with van der Waals surface area (Å²) in [6.07, 6.45) is 12.3. The lowest BCUT2D eigenvalue weighted by molar-refractivity contribution is 0.108. The number of phenols is 1. The van der Waals surface area contributed by atoms with Crippen LogP contribution in [0.15, 0.2) is 42.6 Å². The summed E-state index contributed by atoms with van der Waals surface area (Å²) >= 11 is 0. The fourth-order valence-corrected chi connectivity index (χ4v) is 7.72. The Morgan fingerprint density at radius 1 is 1.02 bits per heavy atom. The molecule has 1 unspecified atom stereocenters. The first-order valence-corrected chi connectivity index (χ1v) is 15.4. The molecular weight excluding hydrogens is 576 g/mol. The SMILES string of the molecule is C#Cc1c(F)ccc2cc(O)cc(-c3ncc4c(-c5ccc6n5CCCC6O)nc(OCC56CCCN5CCC6)nc4c3F)c12. The van der Waals surface area contributed by atoms with E-state index in [2.05, 4.69) is 20.8 Å². The number of halogens is 2. The Morgan fingerprint density at radius 2 is 1.84 bits per heavy atom. The van der Waals surface area contributed by atoms with Crippen molar-refractivity contribution < 1.29 is 23.7 Å². The van der Waals surface area contributed by atoms with Crippen LogP contribution in [0.25, 0.3) is 44.3 Å². The standard InChI is InChI=1S/C35H31F2N5O3/c1-2-22-25(36)8-7-20-16-21(43)17-23(29(20)22)32-30(37)33-24(18-38-32)31(27-10-9-26-28(44)6-3-15-42(26)27)39-34(40-33)45-19-35-11-4-13-41(35)14-5-12-35/h1,7-10,16-18,28,43-44H,3-6,11-15,19H2. The molecule has 8 nitrogen and oxygen atoms in total. The van der Waals surface area contributed by atoms with Crippen LogP contribution in [0.1, 0.15) is 55.9 Å². The van der Waals surface area contributed by atoms with Crippen LogP contribution >= 0.6 is 0 Å². The molecule has 0 amide bonds. The first kappa shape index (κ1) is 27.9.